The van der Waals surface area contributed by atoms with Crippen LogP contribution in [0.1, 0.15) is 23.7 Å². The van der Waals surface area contributed by atoms with E-state index in [0.29, 0.717) is 10.7 Å². The highest BCUT2D eigenvalue weighted by Gasteiger charge is 2.12. The summed E-state index contributed by atoms with van der Waals surface area (Å²) in [7, 11) is 0. The molecule has 1 aromatic carbocycles. The Kier molecular flexibility index (Phi) is 3.16. The van der Waals surface area contributed by atoms with Crippen molar-refractivity contribution in [2.75, 3.05) is 0 Å². The Morgan fingerprint density at radius 1 is 1.47 bits per heavy atom. The number of halogens is 1. The molecule has 17 heavy (non-hydrogen) atoms. The molecular formula is C13H12ClN3. The highest BCUT2D eigenvalue weighted by Crippen LogP contribution is 2.23. The van der Waals surface area contributed by atoms with Gasteiger partial charge in [-0.15, -0.1) is 0 Å². The quantitative estimate of drug-likeness (QED) is 0.815. The van der Waals surface area contributed by atoms with Gasteiger partial charge in [-0.1, -0.05) is 24.6 Å². The molecule has 0 N–H and O–H groups in total. The van der Waals surface area contributed by atoms with E-state index in [1.54, 1.807) is 16.8 Å². The summed E-state index contributed by atoms with van der Waals surface area (Å²) in [5.41, 5.74) is 3.40. The number of aryl methyl sites for hydroxylation is 1. The van der Waals surface area contributed by atoms with E-state index >= 15 is 0 Å². The molecule has 0 fully saturated rings. The van der Waals surface area contributed by atoms with Crippen LogP contribution in [-0.2, 0) is 6.42 Å². The Hall–Kier alpha value is -1.79. The smallest absolute Gasteiger partial charge is 0.136 e. The fourth-order valence-corrected chi connectivity index (χ4v) is 1.98. The van der Waals surface area contributed by atoms with Crippen molar-refractivity contribution in [3.05, 3.63) is 46.2 Å². The predicted molar refractivity (Wildman–Crippen MR) is 67.4 cm³/mol. The second kappa shape index (κ2) is 4.60. The minimum absolute atomic E-state index is 0.602. The number of nitriles is 1. The molecule has 0 amide bonds. The Balaban J connectivity index is 2.57. The topological polar surface area (TPSA) is 41.6 Å². The molecule has 4 heteroatoms. The van der Waals surface area contributed by atoms with E-state index in [1.165, 1.54) is 0 Å². The second-order valence-electron chi connectivity index (χ2n) is 3.79. The first-order valence-electron chi connectivity index (χ1n) is 5.42. The zero-order chi connectivity index (χ0) is 12.4. The van der Waals surface area contributed by atoms with Gasteiger partial charge in [-0.2, -0.15) is 10.4 Å². The van der Waals surface area contributed by atoms with Gasteiger partial charge in [0, 0.05) is 5.56 Å². The minimum Gasteiger partial charge on any atom is -0.222 e. The summed E-state index contributed by atoms with van der Waals surface area (Å²) >= 11 is 6.24. The molecule has 0 atom stereocenters. The molecule has 3 nitrogen and oxygen atoms in total. The van der Waals surface area contributed by atoms with Crippen LogP contribution in [0, 0.1) is 18.3 Å². The summed E-state index contributed by atoms with van der Waals surface area (Å²) in [6.45, 7) is 4.00. The average Bonchev–Trinajstić information content (AvgIpc) is 2.66. The maximum absolute atomic E-state index is 8.87. The lowest BCUT2D eigenvalue weighted by Gasteiger charge is -2.03. The van der Waals surface area contributed by atoms with Crippen LogP contribution in [-0.4, -0.2) is 9.78 Å². The number of aromatic nitrogens is 2. The molecule has 0 aliphatic heterocycles. The van der Waals surface area contributed by atoms with Gasteiger partial charge < -0.3 is 0 Å². The first kappa shape index (κ1) is 11.7. The van der Waals surface area contributed by atoms with Gasteiger partial charge in [0.2, 0.25) is 0 Å². The van der Waals surface area contributed by atoms with Crippen LogP contribution in [0.2, 0.25) is 5.15 Å². The molecule has 0 aliphatic carbocycles. The summed E-state index contributed by atoms with van der Waals surface area (Å²) in [4.78, 5) is 0. The summed E-state index contributed by atoms with van der Waals surface area (Å²) in [6.07, 6.45) is 0.844. The molecule has 0 aliphatic rings. The van der Waals surface area contributed by atoms with Crippen molar-refractivity contribution in [3.63, 3.8) is 0 Å². The standard InChI is InChI=1S/C13H12ClN3/c1-3-12-9(2)13(14)17(16-12)11-6-4-5-10(7-11)8-15/h4-7H,3H2,1-2H3. The number of hydrogen-bond acceptors (Lipinski definition) is 2. The normalized spacial score (nSPS) is 10.2. The highest BCUT2D eigenvalue weighted by molar-refractivity contribution is 6.30. The third-order valence-electron chi connectivity index (χ3n) is 2.70. The van der Waals surface area contributed by atoms with Crippen LogP contribution in [0.5, 0.6) is 0 Å². The molecular weight excluding hydrogens is 234 g/mol. The molecule has 1 heterocycles. The lowest BCUT2D eigenvalue weighted by Crippen LogP contribution is -1.97. The minimum atomic E-state index is 0.602. The van der Waals surface area contributed by atoms with E-state index in [0.717, 1.165) is 23.4 Å². The number of rotatable bonds is 2. The summed E-state index contributed by atoms with van der Waals surface area (Å²) in [5.74, 6) is 0. The Morgan fingerprint density at radius 2 is 2.24 bits per heavy atom. The maximum atomic E-state index is 8.87. The molecule has 2 rings (SSSR count). The molecule has 0 bridgehead atoms. The molecule has 1 aromatic heterocycles. The van der Waals surface area contributed by atoms with Gasteiger partial charge >= 0.3 is 0 Å². The van der Waals surface area contributed by atoms with E-state index < -0.39 is 0 Å². The van der Waals surface area contributed by atoms with Crippen LogP contribution in [0.15, 0.2) is 24.3 Å². The van der Waals surface area contributed by atoms with Gasteiger partial charge in [-0.25, -0.2) is 4.68 Å². The second-order valence-corrected chi connectivity index (χ2v) is 4.15. The van der Waals surface area contributed by atoms with Crippen LogP contribution in [0.4, 0.5) is 0 Å². The molecule has 0 radical (unpaired) electrons. The Bertz CT molecular complexity index is 593. The Morgan fingerprint density at radius 3 is 2.82 bits per heavy atom. The summed E-state index contributed by atoms with van der Waals surface area (Å²) in [5, 5.41) is 13.9. The average molecular weight is 246 g/mol. The van der Waals surface area contributed by atoms with Crippen molar-refractivity contribution < 1.29 is 0 Å². The monoisotopic (exact) mass is 245 g/mol. The fraction of sp³-hybridized carbons (Fsp3) is 0.231. The van der Waals surface area contributed by atoms with E-state index in [9.17, 15) is 0 Å². The van der Waals surface area contributed by atoms with Crippen molar-refractivity contribution in [3.8, 4) is 11.8 Å². The van der Waals surface area contributed by atoms with Crippen LogP contribution >= 0.6 is 11.6 Å². The molecule has 86 valence electrons. The van der Waals surface area contributed by atoms with Crippen molar-refractivity contribution >= 4 is 11.6 Å². The SMILES string of the molecule is CCc1nn(-c2cccc(C#N)c2)c(Cl)c1C. The van der Waals surface area contributed by atoms with Crippen molar-refractivity contribution in [2.45, 2.75) is 20.3 Å². The number of nitrogens with zero attached hydrogens (tertiary/aromatic N) is 3. The predicted octanol–water partition coefficient (Wildman–Crippen LogP) is 3.27. The number of benzene rings is 1. The lowest BCUT2D eigenvalue weighted by atomic mass is 10.2. The van der Waals surface area contributed by atoms with E-state index in [4.69, 9.17) is 16.9 Å². The third-order valence-corrected chi connectivity index (χ3v) is 3.15. The van der Waals surface area contributed by atoms with Crippen molar-refractivity contribution in [1.29, 1.82) is 5.26 Å². The highest BCUT2D eigenvalue weighted by atomic mass is 35.5. The van der Waals surface area contributed by atoms with Crippen LogP contribution in [0.25, 0.3) is 5.69 Å². The molecule has 0 saturated carbocycles. The van der Waals surface area contributed by atoms with Crippen LogP contribution < -0.4 is 0 Å². The first-order chi connectivity index (χ1) is 8.17. The Labute approximate surface area is 105 Å². The largest absolute Gasteiger partial charge is 0.222 e. The zero-order valence-electron chi connectivity index (χ0n) is 9.74. The summed E-state index contributed by atoms with van der Waals surface area (Å²) < 4.78 is 1.68. The molecule has 0 spiro atoms. The van der Waals surface area contributed by atoms with Gasteiger partial charge in [0.1, 0.15) is 5.15 Å². The molecule has 0 saturated heterocycles. The zero-order valence-corrected chi connectivity index (χ0v) is 10.5. The maximum Gasteiger partial charge on any atom is 0.136 e. The van der Waals surface area contributed by atoms with E-state index in [1.807, 2.05) is 26.0 Å². The molecule has 0 unspecified atom stereocenters. The number of hydrogen-bond donors (Lipinski definition) is 0. The third kappa shape index (κ3) is 2.04. The van der Waals surface area contributed by atoms with Crippen molar-refractivity contribution in [1.82, 2.24) is 9.78 Å². The van der Waals surface area contributed by atoms with Gasteiger partial charge in [-0.05, 0) is 31.5 Å². The van der Waals surface area contributed by atoms with Gasteiger partial charge in [0.15, 0.2) is 0 Å². The first-order valence-corrected chi connectivity index (χ1v) is 5.79. The summed E-state index contributed by atoms with van der Waals surface area (Å²) in [6, 6.07) is 9.36. The van der Waals surface area contributed by atoms with E-state index in [-0.39, 0.29) is 0 Å². The van der Waals surface area contributed by atoms with Gasteiger partial charge in [-0.3, -0.25) is 0 Å². The van der Waals surface area contributed by atoms with Crippen LogP contribution in [0.3, 0.4) is 0 Å². The van der Waals surface area contributed by atoms with Gasteiger partial charge in [0.05, 0.1) is 23.0 Å². The van der Waals surface area contributed by atoms with Gasteiger partial charge in [0.25, 0.3) is 0 Å². The lowest BCUT2D eigenvalue weighted by molar-refractivity contribution is 0.841. The van der Waals surface area contributed by atoms with E-state index in [2.05, 4.69) is 11.2 Å². The fourth-order valence-electron chi connectivity index (χ4n) is 1.73. The molecule has 2 aromatic rings. The van der Waals surface area contributed by atoms with Crippen molar-refractivity contribution in [2.24, 2.45) is 0 Å².